The van der Waals surface area contributed by atoms with Gasteiger partial charge in [0.25, 0.3) is 0 Å². The molecule has 2 amide bonds. The van der Waals surface area contributed by atoms with Crippen LogP contribution in [-0.2, 0) is 9.59 Å². The number of anilines is 1. The molecule has 0 saturated heterocycles. The Hall–Kier alpha value is -2.37. The molecule has 0 atom stereocenters. The summed E-state index contributed by atoms with van der Waals surface area (Å²) < 4.78 is 0. The van der Waals surface area contributed by atoms with E-state index in [0.717, 1.165) is 0 Å². The quantitative estimate of drug-likeness (QED) is 0.604. The molecule has 2 aromatic rings. The highest BCUT2D eigenvalue weighted by atomic mass is 35.5. The molecule has 24 heavy (non-hydrogen) atoms. The van der Waals surface area contributed by atoms with Crippen LogP contribution in [0.4, 0.5) is 5.69 Å². The summed E-state index contributed by atoms with van der Waals surface area (Å²) >= 11 is 11.8. The van der Waals surface area contributed by atoms with Gasteiger partial charge in [-0.3, -0.25) is 9.59 Å². The molecule has 5 nitrogen and oxygen atoms in total. The van der Waals surface area contributed by atoms with E-state index < -0.39 is 0 Å². The van der Waals surface area contributed by atoms with Gasteiger partial charge in [0.2, 0.25) is 11.8 Å². The van der Waals surface area contributed by atoms with Crippen molar-refractivity contribution >= 4 is 46.9 Å². The lowest BCUT2D eigenvalue weighted by atomic mass is 10.2. The molecule has 0 unspecified atom stereocenters. The predicted molar refractivity (Wildman–Crippen MR) is 96.5 cm³/mol. The van der Waals surface area contributed by atoms with Gasteiger partial charge >= 0.3 is 0 Å². The molecule has 0 aromatic heterocycles. The van der Waals surface area contributed by atoms with Gasteiger partial charge in [-0.2, -0.15) is 5.10 Å². The molecule has 0 aliphatic rings. The number of carbonyl (C=O) groups excluding carboxylic acids is 2. The second kappa shape index (κ2) is 9.05. The molecule has 2 aromatic carbocycles. The number of amides is 2. The Morgan fingerprint density at radius 2 is 1.71 bits per heavy atom. The number of rotatable bonds is 6. The predicted octanol–water partition coefficient (Wildman–Crippen LogP) is 3.86. The van der Waals surface area contributed by atoms with Crippen molar-refractivity contribution in [1.82, 2.24) is 5.43 Å². The maximum absolute atomic E-state index is 11.7. The molecule has 0 heterocycles. The van der Waals surface area contributed by atoms with E-state index in [1.807, 2.05) is 18.2 Å². The topological polar surface area (TPSA) is 70.6 Å². The molecule has 0 aliphatic heterocycles. The lowest BCUT2D eigenvalue weighted by molar-refractivity contribution is -0.124. The van der Waals surface area contributed by atoms with E-state index in [4.69, 9.17) is 23.2 Å². The second-order valence-electron chi connectivity index (χ2n) is 4.87. The Labute approximate surface area is 149 Å². The molecule has 2 rings (SSSR count). The average molecular weight is 364 g/mol. The minimum Gasteiger partial charge on any atom is -0.326 e. The van der Waals surface area contributed by atoms with Gasteiger partial charge in [0.1, 0.15) is 0 Å². The van der Waals surface area contributed by atoms with Crippen LogP contribution in [-0.4, -0.2) is 18.0 Å². The summed E-state index contributed by atoms with van der Waals surface area (Å²) in [5.74, 6) is -0.597. The minimum atomic E-state index is -0.362. The normalized spacial score (nSPS) is 10.6. The molecule has 124 valence electrons. The van der Waals surface area contributed by atoms with Crippen LogP contribution in [0.1, 0.15) is 18.4 Å². The zero-order valence-corrected chi connectivity index (χ0v) is 14.1. The Balaban J connectivity index is 1.75. The van der Waals surface area contributed by atoms with Crippen molar-refractivity contribution in [3.05, 3.63) is 64.1 Å². The Bertz CT molecular complexity index is 749. The van der Waals surface area contributed by atoms with Crippen LogP contribution < -0.4 is 10.7 Å². The summed E-state index contributed by atoms with van der Waals surface area (Å²) in [6, 6.07) is 14.0. The number of hydrogen-bond donors (Lipinski definition) is 2. The monoisotopic (exact) mass is 363 g/mol. The fourth-order valence-corrected chi connectivity index (χ4v) is 2.27. The van der Waals surface area contributed by atoms with E-state index in [2.05, 4.69) is 15.8 Å². The lowest BCUT2D eigenvalue weighted by Gasteiger charge is -2.04. The summed E-state index contributed by atoms with van der Waals surface area (Å²) in [6.45, 7) is 0. The third kappa shape index (κ3) is 6.02. The number of hydrogen-bond acceptors (Lipinski definition) is 3. The fraction of sp³-hybridized carbons (Fsp3) is 0.118. The Morgan fingerprint density at radius 1 is 1.00 bits per heavy atom. The molecule has 2 N–H and O–H groups in total. The summed E-state index contributed by atoms with van der Waals surface area (Å²) in [4.78, 5) is 23.4. The molecule has 0 bridgehead atoms. The molecule has 0 spiro atoms. The van der Waals surface area contributed by atoms with Crippen LogP contribution in [0.15, 0.2) is 53.6 Å². The Morgan fingerprint density at radius 3 is 2.42 bits per heavy atom. The lowest BCUT2D eigenvalue weighted by Crippen LogP contribution is -2.20. The van der Waals surface area contributed by atoms with Gasteiger partial charge in [-0.15, -0.1) is 0 Å². The number of carbonyl (C=O) groups is 2. The number of nitrogens with one attached hydrogen (secondary N) is 2. The maximum atomic E-state index is 11.7. The highest BCUT2D eigenvalue weighted by Gasteiger charge is 2.06. The highest BCUT2D eigenvalue weighted by molar-refractivity contribution is 6.36. The number of para-hydroxylation sites is 1. The first-order valence-corrected chi connectivity index (χ1v) is 7.92. The van der Waals surface area contributed by atoms with Gasteiger partial charge in [-0.1, -0.05) is 47.5 Å². The average Bonchev–Trinajstić information content (AvgIpc) is 2.56. The SMILES string of the molecule is O=C(CCC(=O)Nc1ccccc1)NN=Cc1ccc(Cl)cc1Cl. The van der Waals surface area contributed by atoms with Crippen molar-refractivity contribution in [2.75, 3.05) is 5.32 Å². The van der Waals surface area contributed by atoms with Gasteiger partial charge < -0.3 is 5.32 Å². The molecule has 7 heteroatoms. The van der Waals surface area contributed by atoms with Crippen molar-refractivity contribution in [3.63, 3.8) is 0 Å². The molecular weight excluding hydrogens is 349 g/mol. The van der Waals surface area contributed by atoms with Crippen molar-refractivity contribution in [1.29, 1.82) is 0 Å². The van der Waals surface area contributed by atoms with Crippen LogP contribution in [0.25, 0.3) is 0 Å². The zero-order valence-electron chi connectivity index (χ0n) is 12.6. The first-order valence-electron chi connectivity index (χ1n) is 7.16. The maximum Gasteiger partial charge on any atom is 0.240 e. The Kier molecular flexibility index (Phi) is 6.78. The molecule has 0 radical (unpaired) electrons. The van der Waals surface area contributed by atoms with E-state index in [0.29, 0.717) is 21.3 Å². The van der Waals surface area contributed by atoms with E-state index in [9.17, 15) is 9.59 Å². The summed E-state index contributed by atoms with van der Waals surface area (Å²) in [7, 11) is 0. The van der Waals surface area contributed by atoms with E-state index in [-0.39, 0.29) is 24.7 Å². The molecule has 0 fully saturated rings. The van der Waals surface area contributed by atoms with E-state index in [1.54, 1.807) is 30.3 Å². The fourth-order valence-electron chi connectivity index (χ4n) is 1.81. The van der Waals surface area contributed by atoms with Crippen molar-refractivity contribution in [2.45, 2.75) is 12.8 Å². The van der Waals surface area contributed by atoms with Crippen LogP contribution in [0.2, 0.25) is 10.0 Å². The first-order chi connectivity index (χ1) is 11.5. The van der Waals surface area contributed by atoms with Crippen molar-refractivity contribution < 1.29 is 9.59 Å². The van der Waals surface area contributed by atoms with Crippen LogP contribution in [0.5, 0.6) is 0 Å². The van der Waals surface area contributed by atoms with Crippen molar-refractivity contribution in [2.24, 2.45) is 5.10 Å². The van der Waals surface area contributed by atoms with Gasteiger partial charge in [0.15, 0.2) is 0 Å². The summed E-state index contributed by atoms with van der Waals surface area (Å²) in [5, 5.41) is 7.47. The highest BCUT2D eigenvalue weighted by Crippen LogP contribution is 2.19. The van der Waals surface area contributed by atoms with Gasteiger partial charge in [-0.05, 0) is 24.3 Å². The number of nitrogens with zero attached hydrogens (tertiary/aromatic N) is 1. The number of benzene rings is 2. The largest absolute Gasteiger partial charge is 0.326 e. The zero-order chi connectivity index (χ0) is 17.4. The third-order valence-electron chi connectivity index (χ3n) is 2.99. The van der Waals surface area contributed by atoms with Gasteiger partial charge in [0, 0.05) is 29.1 Å². The molecular formula is C17H15Cl2N3O2. The molecule has 0 saturated carbocycles. The van der Waals surface area contributed by atoms with Gasteiger partial charge in [-0.25, -0.2) is 5.43 Å². The second-order valence-corrected chi connectivity index (χ2v) is 5.72. The summed E-state index contributed by atoms with van der Waals surface area (Å²) in [5.41, 5.74) is 3.67. The van der Waals surface area contributed by atoms with Crippen molar-refractivity contribution in [3.8, 4) is 0 Å². The molecule has 0 aliphatic carbocycles. The third-order valence-corrected chi connectivity index (χ3v) is 3.55. The first kappa shape index (κ1) is 18.0. The van der Waals surface area contributed by atoms with E-state index >= 15 is 0 Å². The van der Waals surface area contributed by atoms with Gasteiger partial charge in [0.05, 0.1) is 11.2 Å². The standard InChI is InChI=1S/C17H15Cl2N3O2/c18-13-7-6-12(15(19)10-13)11-20-22-17(24)9-8-16(23)21-14-4-2-1-3-5-14/h1-7,10-11H,8-9H2,(H,21,23)(H,22,24). The number of hydrazone groups is 1. The smallest absolute Gasteiger partial charge is 0.240 e. The summed E-state index contributed by atoms with van der Waals surface area (Å²) in [6.07, 6.45) is 1.52. The van der Waals surface area contributed by atoms with Crippen LogP contribution >= 0.6 is 23.2 Å². The van der Waals surface area contributed by atoms with Crippen LogP contribution in [0, 0.1) is 0 Å². The number of halogens is 2. The van der Waals surface area contributed by atoms with E-state index in [1.165, 1.54) is 6.21 Å². The minimum absolute atomic E-state index is 0.0321. The van der Waals surface area contributed by atoms with Crippen LogP contribution in [0.3, 0.4) is 0 Å².